The highest BCUT2D eigenvalue weighted by Crippen LogP contribution is 2.27. The van der Waals surface area contributed by atoms with Crippen LogP contribution < -0.4 is 0 Å². The van der Waals surface area contributed by atoms with Crippen molar-refractivity contribution in [1.29, 1.82) is 0 Å². The van der Waals surface area contributed by atoms with Crippen LogP contribution in [0, 0.1) is 0 Å². The molecule has 90 valence electrons. The third-order valence-corrected chi connectivity index (χ3v) is 3.69. The van der Waals surface area contributed by atoms with Crippen molar-refractivity contribution in [2.45, 2.75) is 0 Å². The van der Waals surface area contributed by atoms with Gasteiger partial charge in [-0.05, 0) is 0 Å². The van der Waals surface area contributed by atoms with Gasteiger partial charge in [-0.3, -0.25) is 9.20 Å². The van der Waals surface area contributed by atoms with Gasteiger partial charge in [0.15, 0.2) is 10.7 Å². The van der Waals surface area contributed by atoms with E-state index in [1.807, 2.05) is 41.9 Å². The van der Waals surface area contributed by atoms with Crippen molar-refractivity contribution in [1.82, 2.24) is 9.38 Å². The van der Waals surface area contributed by atoms with E-state index in [2.05, 4.69) is 4.98 Å². The number of carbonyl (C=O) groups excluding carboxylic acids is 1. The van der Waals surface area contributed by atoms with Crippen LogP contribution in [0.1, 0.15) is 10.5 Å². The molecular weight excluding hydrogens is 268 g/mol. The fraction of sp³-hybridized carbons (Fsp3) is 0.0769. The molecule has 0 N–H and O–H groups in total. The fourth-order valence-electron chi connectivity index (χ4n) is 1.91. The highest BCUT2D eigenvalue weighted by atomic mass is 35.5. The quantitative estimate of drug-likeness (QED) is 0.542. The zero-order valence-electron chi connectivity index (χ0n) is 9.34. The molecule has 3 rings (SSSR count). The molecule has 0 saturated heterocycles. The summed E-state index contributed by atoms with van der Waals surface area (Å²) >= 11 is 7.18. The highest BCUT2D eigenvalue weighted by molar-refractivity contribution is 7.15. The average molecular weight is 277 g/mol. The fourth-order valence-corrected chi connectivity index (χ4v) is 2.75. The first kappa shape index (κ1) is 11.4. The number of hydrogen-bond acceptors (Lipinski definition) is 3. The average Bonchev–Trinajstić information content (AvgIpc) is 2.98. The molecule has 18 heavy (non-hydrogen) atoms. The monoisotopic (exact) mass is 276 g/mol. The molecular formula is C13H9ClN2OS. The third-order valence-electron chi connectivity index (χ3n) is 2.69. The Kier molecular flexibility index (Phi) is 2.89. The van der Waals surface area contributed by atoms with Gasteiger partial charge >= 0.3 is 0 Å². The van der Waals surface area contributed by atoms with Crippen molar-refractivity contribution < 1.29 is 4.79 Å². The normalized spacial score (nSPS) is 10.9. The number of alkyl halides is 1. The highest BCUT2D eigenvalue weighted by Gasteiger charge is 2.20. The van der Waals surface area contributed by atoms with E-state index >= 15 is 0 Å². The number of thiazole rings is 1. The summed E-state index contributed by atoms with van der Waals surface area (Å²) < 4.78 is 1.80. The molecule has 0 atom stereocenters. The number of imidazole rings is 1. The van der Waals surface area contributed by atoms with Crippen LogP contribution in [0.2, 0.25) is 0 Å². The Morgan fingerprint density at radius 1 is 1.33 bits per heavy atom. The van der Waals surface area contributed by atoms with Crippen molar-refractivity contribution in [3.8, 4) is 11.3 Å². The van der Waals surface area contributed by atoms with Crippen molar-refractivity contribution in [2.24, 2.45) is 0 Å². The van der Waals surface area contributed by atoms with E-state index in [0.29, 0.717) is 11.4 Å². The summed E-state index contributed by atoms with van der Waals surface area (Å²) in [6, 6.07) is 9.68. The molecule has 0 aliphatic heterocycles. The van der Waals surface area contributed by atoms with Crippen LogP contribution in [0.3, 0.4) is 0 Å². The molecule has 0 unspecified atom stereocenters. The predicted molar refractivity (Wildman–Crippen MR) is 73.6 cm³/mol. The minimum absolute atomic E-state index is 0.0382. The standard InChI is InChI=1S/C13H9ClN2OS/c14-8-10(17)12-11(9-4-2-1-3-5-9)15-13-16(12)6-7-18-13/h1-7H,8H2. The molecule has 0 spiro atoms. The predicted octanol–water partition coefficient (Wildman–Crippen LogP) is 3.48. The van der Waals surface area contributed by atoms with E-state index in [0.717, 1.165) is 10.5 Å². The molecule has 0 radical (unpaired) electrons. The third kappa shape index (κ3) is 1.74. The first-order valence-electron chi connectivity index (χ1n) is 5.41. The topological polar surface area (TPSA) is 34.4 Å². The lowest BCUT2D eigenvalue weighted by Crippen LogP contribution is -2.05. The maximum absolute atomic E-state index is 12.0. The van der Waals surface area contributed by atoms with Gasteiger partial charge in [-0.2, -0.15) is 0 Å². The second-order valence-corrected chi connectivity index (χ2v) is 4.93. The van der Waals surface area contributed by atoms with Gasteiger partial charge in [0.25, 0.3) is 0 Å². The number of ketones is 1. The van der Waals surface area contributed by atoms with Crippen molar-refractivity contribution in [2.75, 3.05) is 5.88 Å². The van der Waals surface area contributed by atoms with Gasteiger partial charge in [-0.25, -0.2) is 4.98 Å². The summed E-state index contributed by atoms with van der Waals surface area (Å²) in [7, 11) is 0. The van der Waals surface area contributed by atoms with E-state index in [9.17, 15) is 4.79 Å². The molecule has 0 fully saturated rings. The van der Waals surface area contributed by atoms with E-state index in [-0.39, 0.29) is 11.7 Å². The number of nitrogens with zero attached hydrogens (tertiary/aromatic N) is 2. The van der Waals surface area contributed by atoms with Crippen LogP contribution in [0.15, 0.2) is 41.9 Å². The second-order valence-electron chi connectivity index (χ2n) is 3.79. The van der Waals surface area contributed by atoms with Crippen molar-refractivity contribution in [3.63, 3.8) is 0 Å². The Labute approximate surface area is 113 Å². The van der Waals surface area contributed by atoms with E-state index in [1.54, 1.807) is 4.40 Å². The molecule has 3 aromatic rings. The molecule has 0 aliphatic rings. The summed E-state index contributed by atoms with van der Waals surface area (Å²) in [6.45, 7) is 0. The molecule has 3 nitrogen and oxygen atoms in total. The SMILES string of the molecule is O=C(CCl)c1c(-c2ccccc2)nc2sccn12. The maximum atomic E-state index is 12.0. The number of benzene rings is 1. The zero-order valence-corrected chi connectivity index (χ0v) is 10.9. The van der Waals surface area contributed by atoms with Gasteiger partial charge in [-0.1, -0.05) is 30.3 Å². The summed E-state index contributed by atoms with van der Waals surface area (Å²) in [5.41, 5.74) is 2.20. The van der Waals surface area contributed by atoms with Crippen LogP contribution in [-0.4, -0.2) is 21.0 Å². The summed E-state index contributed by atoms with van der Waals surface area (Å²) in [6.07, 6.45) is 1.85. The van der Waals surface area contributed by atoms with Crippen LogP contribution in [0.4, 0.5) is 0 Å². The van der Waals surface area contributed by atoms with Crippen molar-refractivity contribution >= 4 is 33.7 Å². The number of halogens is 1. The Bertz CT molecular complexity index is 702. The Hall–Kier alpha value is -1.65. The largest absolute Gasteiger partial charge is 0.291 e. The molecule has 0 bridgehead atoms. The molecule has 0 aliphatic carbocycles. The van der Waals surface area contributed by atoms with Gasteiger partial charge in [0, 0.05) is 17.1 Å². The Morgan fingerprint density at radius 3 is 2.83 bits per heavy atom. The minimum Gasteiger partial charge on any atom is -0.291 e. The van der Waals surface area contributed by atoms with Gasteiger partial charge in [0.2, 0.25) is 0 Å². The molecule has 2 heterocycles. The van der Waals surface area contributed by atoms with Crippen molar-refractivity contribution in [3.05, 3.63) is 47.6 Å². The summed E-state index contributed by atoms with van der Waals surface area (Å²) in [5.74, 6) is -0.148. The van der Waals surface area contributed by atoms with Gasteiger partial charge in [-0.15, -0.1) is 22.9 Å². The lowest BCUT2D eigenvalue weighted by atomic mass is 10.1. The number of aromatic nitrogens is 2. The Morgan fingerprint density at radius 2 is 2.11 bits per heavy atom. The van der Waals surface area contributed by atoms with Crippen LogP contribution in [-0.2, 0) is 0 Å². The maximum Gasteiger partial charge on any atom is 0.196 e. The molecule has 5 heteroatoms. The number of carbonyl (C=O) groups is 1. The molecule has 0 saturated carbocycles. The van der Waals surface area contributed by atoms with Gasteiger partial charge < -0.3 is 0 Å². The number of rotatable bonds is 3. The number of fused-ring (bicyclic) bond motifs is 1. The zero-order chi connectivity index (χ0) is 12.5. The minimum atomic E-state index is -0.110. The molecule has 1 aromatic carbocycles. The van der Waals surface area contributed by atoms with Gasteiger partial charge in [0.1, 0.15) is 11.4 Å². The summed E-state index contributed by atoms with van der Waals surface area (Å²) in [4.78, 5) is 17.3. The second kappa shape index (κ2) is 4.55. The van der Waals surface area contributed by atoms with E-state index in [4.69, 9.17) is 11.6 Å². The number of Topliss-reactive ketones (excluding diaryl/α,β-unsaturated/α-hetero) is 1. The van der Waals surface area contributed by atoms with E-state index in [1.165, 1.54) is 11.3 Å². The lowest BCUT2D eigenvalue weighted by molar-refractivity contribution is 0.101. The van der Waals surface area contributed by atoms with Crippen LogP contribution in [0.5, 0.6) is 0 Å². The molecule has 0 amide bonds. The first-order chi connectivity index (χ1) is 8.81. The van der Waals surface area contributed by atoms with Crippen LogP contribution >= 0.6 is 22.9 Å². The lowest BCUT2D eigenvalue weighted by Gasteiger charge is -2.01. The smallest absolute Gasteiger partial charge is 0.196 e. The van der Waals surface area contributed by atoms with E-state index < -0.39 is 0 Å². The van der Waals surface area contributed by atoms with Crippen LogP contribution in [0.25, 0.3) is 16.2 Å². The number of hydrogen-bond donors (Lipinski definition) is 0. The molecule has 2 aromatic heterocycles. The summed E-state index contributed by atoms with van der Waals surface area (Å²) in [5, 5.41) is 1.90. The van der Waals surface area contributed by atoms with Gasteiger partial charge in [0.05, 0.1) is 5.88 Å². The first-order valence-corrected chi connectivity index (χ1v) is 6.83. The Balaban J connectivity index is 2.28.